The molecule has 4 nitrogen and oxygen atoms in total. The summed E-state index contributed by atoms with van der Waals surface area (Å²) in [4.78, 5) is 12.0. The van der Waals surface area contributed by atoms with Crippen molar-refractivity contribution in [1.82, 2.24) is 0 Å². The van der Waals surface area contributed by atoms with Gasteiger partial charge in [-0.3, -0.25) is 0 Å². The highest BCUT2D eigenvalue weighted by atomic mass is 79.9. The number of carbonyl (C=O) groups excluding carboxylic acids is 1. The third-order valence-electron chi connectivity index (χ3n) is 3.52. The van der Waals surface area contributed by atoms with Crippen LogP contribution in [0.1, 0.15) is 26.3 Å². The van der Waals surface area contributed by atoms with Crippen molar-refractivity contribution in [1.29, 1.82) is 0 Å². The largest absolute Gasteiger partial charge is 0.475 e. The zero-order valence-electron chi connectivity index (χ0n) is 15.2. The predicted octanol–water partition coefficient (Wildman–Crippen LogP) is 6.63. The van der Waals surface area contributed by atoms with Crippen LogP contribution >= 0.6 is 27.5 Å². The molecule has 0 aliphatic heterocycles. The fraction of sp³-hybridized carbons (Fsp3) is 0.316. The average molecular weight is 482 g/mol. The number of carbonyl (C=O) groups is 1. The molecule has 0 radical (unpaired) electrons. The Hall–Kier alpha value is -1.93. The summed E-state index contributed by atoms with van der Waals surface area (Å²) >= 11 is 9.23. The molecule has 28 heavy (non-hydrogen) atoms. The minimum Gasteiger partial charge on any atom is -0.475 e. The van der Waals surface area contributed by atoms with Gasteiger partial charge >= 0.3 is 12.1 Å². The zero-order valence-corrected chi connectivity index (χ0v) is 17.5. The molecule has 9 heteroatoms. The van der Waals surface area contributed by atoms with Gasteiger partial charge in [0, 0.05) is 6.07 Å². The molecule has 0 N–H and O–H groups in total. The van der Waals surface area contributed by atoms with E-state index in [9.17, 15) is 18.0 Å². The summed E-state index contributed by atoms with van der Waals surface area (Å²) in [6, 6.07) is 7.47. The van der Waals surface area contributed by atoms with Crippen molar-refractivity contribution < 1.29 is 32.2 Å². The van der Waals surface area contributed by atoms with Gasteiger partial charge in [0.2, 0.25) is 0 Å². The van der Waals surface area contributed by atoms with Gasteiger partial charge in [-0.2, -0.15) is 13.2 Å². The second kappa shape index (κ2) is 8.61. The Morgan fingerprint density at radius 3 is 2.36 bits per heavy atom. The number of rotatable bonds is 6. The first-order chi connectivity index (χ1) is 12.9. The molecule has 0 unspecified atom stereocenters. The fourth-order valence-electron chi connectivity index (χ4n) is 2.13. The lowest BCUT2D eigenvalue weighted by Gasteiger charge is -2.25. The average Bonchev–Trinajstić information content (AvgIpc) is 2.58. The van der Waals surface area contributed by atoms with Crippen LogP contribution in [0.15, 0.2) is 40.9 Å². The Bertz CT molecular complexity index is 869. The Kier molecular flexibility index (Phi) is 6.88. The third kappa shape index (κ3) is 5.54. The number of hydrogen-bond donors (Lipinski definition) is 0. The van der Waals surface area contributed by atoms with E-state index in [2.05, 4.69) is 15.9 Å². The normalized spacial score (nSPS) is 11.9. The quantitative estimate of drug-likeness (QED) is 0.434. The van der Waals surface area contributed by atoms with Gasteiger partial charge in [0.25, 0.3) is 0 Å². The maximum Gasteiger partial charge on any atom is 0.416 e. The van der Waals surface area contributed by atoms with Crippen molar-refractivity contribution in [3.8, 4) is 17.2 Å². The van der Waals surface area contributed by atoms with Crippen molar-refractivity contribution in [3.63, 3.8) is 0 Å². The number of halogens is 5. The van der Waals surface area contributed by atoms with Gasteiger partial charge < -0.3 is 14.2 Å². The van der Waals surface area contributed by atoms with E-state index in [0.717, 1.165) is 18.2 Å². The summed E-state index contributed by atoms with van der Waals surface area (Å²) in [7, 11) is 0. The van der Waals surface area contributed by atoms with Gasteiger partial charge in [0.15, 0.2) is 5.60 Å². The maximum absolute atomic E-state index is 12.7. The molecule has 0 atom stereocenters. The van der Waals surface area contributed by atoms with Crippen LogP contribution in [0.3, 0.4) is 0 Å². The van der Waals surface area contributed by atoms with Crippen LogP contribution in [-0.4, -0.2) is 18.2 Å². The van der Waals surface area contributed by atoms with Crippen molar-refractivity contribution in [2.45, 2.75) is 32.5 Å². The Balaban J connectivity index is 2.25. The van der Waals surface area contributed by atoms with E-state index < -0.39 is 23.3 Å². The van der Waals surface area contributed by atoms with E-state index in [1.54, 1.807) is 32.9 Å². The molecule has 0 saturated heterocycles. The SMILES string of the molecule is CCOC(=O)C(C)(C)Oc1cc(Oc2ccc(C(F)(F)F)cc2Cl)ccc1Br. The highest BCUT2D eigenvalue weighted by Crippen LogP contribution is 2.38. The Labute approximate surface area is 173 Å². The van der Waals surface area contributed by atoms with Crippen LogP contribution in [0.4, 0.5) is 13.2 Å². The highest BCUT2D eigenvalue weighted by molar-refractivity contribution is 9.10. The van der Waals surface area contributed by atoms with E-state index in [1.165, 1.54) is 6.07 Å². The first-order valence-corrected chi connectivity index (χ1v) is 9.31. The monoisotopic (exact) mass is 480 g/mol. The second-order valence-electron chi connectivity index (χ2n) is 6.17. The van der Waals surface area contributed by atoms with Crippen LogP contribution in [-0.2, 0) is 15.7 Å². The van der Waals surface area contributed by atoms with Crippen molar-refractivity contribution in [3.05, 3.63) is 51.5 Å². The van der Waals surface area contributed by atoms with Gasteiger partial charge in [-0.15, -0.1) is 0 Å². The number of alkyl halides is 3. The lowest BCUT2D eigenvalue weighted by atomic mass is 10.1. The number of hydrogen-bond acceptors (Lipinski definition) is 4. The molecule has 2 rings (SSSR count). The molecule has 0 spiro atoms. The van der Waals surface area contributed by atoms with Crippen LogP contribution in [0.2, 0.25) is 5.02 Å². The Morgan fingerprint density at radius 2 is 1.79 bits per heavy atom. The van der Waals surface area contributed by atoms with Gasteiger partial charge in [-0.1, -0.05) is 11.6 Å². The summed E-state index contributed by atoms with van der Waals surface area (Å²) in [5, 5.41) is -0.188. The maximum atomic E-state index is 12.7. The van der Waals surface area contributed by atoms with E-state index in [0.29, 0.717) is 10.2 Å². The summed E-state index contributed by atoms with van der Waals surface area (Å²) < 4.78 is 55.1. The first-order valence-electron chi connectivity index (χ1n) is 8.14. The lowest BCUT2D eigenvalue weighted by Crippen LogP contribution is -2.39. The summed E-state index contributed by atoms with van der Waals surface area (Å²) in [6.07, 6.45) is -4.50. The Morgan fingerprint density at radius 1 is 1.11 bits per heavy atom. The molecule has 2 aromatic carbocycles. The molecule has 0 bridgehead atoms. The number of esters is 1. The first kappa shape index (κ1) is 22.4. The van der Waals surface area contributed by atoms with E-state index in [1.807, 2.05) is 0 Å². The summed E-state index contributed by atoms with van der Waals surface area (Å²) in [5.74, 6) is 0.0599. The fourth-order valence-corrected chi connectivity index (χ4v) is 2.68. The number of benzene rings is 2. The van der Waals surface area contributed by atoms with Crippen molar-refractivity contribution in [2.24, 2.45) is 0 Å². The molecular weight excluding hydrogens is 465 g/mol. The van der Waals surface area contributed by atoms with Crippen molar-refractivity contribution >= 4 is 33.5 Å². The highest BCUT2D eigenvalue weighted by Gasteiger charge is 2.33. The molecule has 0 fully saturated rings. The standard InChI is InChI=1S/C19H17BrClF3O4/c1-4-26-17(25)18(2,3)28-16-10-12(6-7-13(16)20)27-15-8-5-11(9-14(15)21)19(22,23)24/h5-10H,4H2,1-3H3. The zero-order chi connectivity index (χ0) is 21.1. The van der Waals surface area contributed by atoms with Gasteiger partial charge in [0.1, 0.15) is 17.2 Å². The molecule has 0 saturated carbocycles. The molecule has 0 amide bonds. The summed E-state index contributed by atoms with van der Waals surface area (Å²) in [6.45, 7) is 5.00. The molecule has 0 aromatic heterocycles. The predicted molar refractivity (Wildman–Crippen MR) is 102 cm³/mol. The second-order valence-corrected chi connectivity index (χ2v) is 7.43. The summed E-state index contributed by atoms with van der Waals surface area (Å²) in [5.41, 5.74) is -2.13. The lowest BCUT2D eigenvalue weighted by molar-refractivity contribution is -0.158. The van der Waals surface area contributed by atoms with Crippen LogP contribution < -0.4 is 9.47 Å². The third-order valence-corrected chi connectivity index (χ3v) is 4.47. The number of ether oxygens (including phenoxy) is 3. The smallest absolute Gasteiger partial charge is 0.416 e. The molecular formula is C19H17BrClF3O4. The van der Waals surface area contributed by atoms with Crippen molar-refractivity contribution in [2.75, 3.05) is 6.61 Å². The topological polar surface area (TPSA) is 44.8 Å². The van der Waals surface area contributed by atoms with Gasteiger partial charge in [-0.05, 0) is 67.0 Å². The van der Waals surface area contributed by atoms with E-state index in [-0.39, 0.29) is 23.1 Å². The molecule has 152 valence electrons. The van der Waals surface area contributed by atoms with Crippen LogP contribution in [0.25, 0.3) is 0 Å². The van der Waals surface area contributed by atoms with Gasteiger partial charge in [-0.25, -0.2) is 4.79 Å². The minimum atomic E-state index is -4.50. The molecule has 0 aliphatic carbocycles. The van der Waals surface area contributed by atoms with Crippen LogP contribution in [0.5, 0.6) is 17.2 Å². The molecule has 2 aromatic rings. The van der Waals surface area contributed by atoms with Crippen LogP contribution in [0, 0.1) is 0 Å². The van der Waals surface area contributed by atoms with Gasteiger partial charge in [0.05, 0.1) is 21.7 Å². The van der Waals surface area contributed by atoms with E-state index in [4.69, 9.17) is 25.8 Å². The molecule has 0 heterocycles. The minimum absolute atomic E-state index is 0.0487. The molecule has 0 aliphatic rings. The van der Waals surface area contributed by atoms with E-state index >= 15 is 0 Å².